The van der Waals surface area contributed by atoms with Crippen molar-refractivity contribution >= 4 is 84.7 Å². The van der Waals surface area contributed by atoms with E-state index in [1.165, 1.54) is 24.3 Å². The van der Waals surface area contributed by atoms with Crippen molar-refractivity contribution in [3.8, 4) is 5.75 Å². The van der Waals surface area contributed by atoms with Crippen molar-refractivity contribution in [2.45, 2.75) is 20.0 Å². The predicted octanol–water partition coefficient (Wildman–Crippen LogP) is 4.84. The minimum atomic E-state index is -0.848. The molecule has 0 fully saturated rings. The van der Waals surface area contributed by atoms with Crippen LogP contribution in [0, 0.1) is 0 Å². The largest absolute Gasteiger partial charge is 0.479 e. The zero-order valence-electron chi connectivity index (χ0n) is 15.8. The molecule has 1 heterocycles. The second kappa shape index (κ2) is 9.57. The van der Waals surface area contributed by atoms with Crippen molar-refractivity contribution < 1.29 is 14.3 Å². The minimum absolute atomic E-state index is 0.0822. The summed E-state index contributed by atoms with van der Waals surface area (Å²) in [6.45, 7) is 3.01. The summed E-state index contributed by atoms with van der Waals surface area (Å²) in [5.74, 6) is -0.270. The number of benzene rings is 2. The second-order valence-corrected chi connectivity index (χ2v) is 8.44. The van der Waals surface area contributed by atoms with Gasteiger partial charge >= 0.3 is 0 Å². The highest BCUT2D eigenvalue weighted by atomic mass is 35.5. The molecule has 0 saturated heterocycles. The number of carbonyl (C=O) groups is 2. The SMILES string of the molecule is CC(=O)Nc1ccc2nc(NC(=S)NC(=O)C(C)Oc3ccc(Cl)cc3Cl)sc2c1. The number of aromatic nitrogens is 1. The van der Waals surface area contributed by atoms with Gasteiger partial charge in [0, 0.05) is 17.6 Å². The molecule has 0 aliphatic carbocycles. The van der Waals surface area contributed by atoms with E-state index in [1.807, 2.05) is 6.07 Å². The molecule has 0 aliphatic heterocycles. The van der Waals surface area contributed by atoms with E-state index in [0.29, 0.717) is 26.6 Å². The van der Waals surface area contributed by atoms with Crippen molar-refractivity contribution in [2.24, 2.45) is 0 Å². The zero-order valence-corrected chi connectivity index (χ0v) is 18.9. The average Bonchev–Trinajstić information content (AvgIpc) is 3.04. The van der Waals surface area contributed by atoms with Gasteiger partial charge in [-0.15, -0.1) is 0 Å². The molecule has 0 bridgehead atoms. The van der Waals surface area contributed by atoms with E-state index in [2.05, 4.69) is 20.9 Å². The maximum absolute atomic E-state index is 12.4. The lowest BCUT2D eigenvalue weighted by Gasteiger charge is -2.16. The molecule has 0 saturated carbocycles. The molecule has 2 aromatic carbocycles. The number of thiocarbonyl (C=S) groups is 1. The summed E-state index contributed by atoms with van der Waals surface area (Å²) >= 11 is 18.4. The average molecular weight is 483 g/mol. The quantitative estimate of drug-likeness (QED) is 0.450. The van der Waals surface area contributed by atoms with Crippen LogP contribution in [0.15, 0.2) is 36.4 Å². The van der Waals surface area contributed by atoms with Gasteiger partial charge in [0.1, 0.15) is 5.75 Å². The third kappa shape index (κ3) is 5.79. The Balaban J connectivity index is 1.60. The van der Waals surface area contributed by atoms with Crippen LogP contribution in [0.1, 0.15) is 13.8 Å². The van der Waals surface area contributed by atoms with Gasteiger partial charge in [-0.05, 0) is 55.5 Å². The fourth-order valence-corrected chi connectivity index (χ4v) is 4.04. The molecule has 2 amide bonds. The van der Waals surface area contributed by atoms with Gasteiger partial charge in [0.2, 0.25) is 5.91 Å². The van der Waals surface area contributed by atoms with Gasteiger partial charge in [0.15, 0.2) is 16.3 Å². The number of ether oxygens (including phenoxy) is 1. The number of nitrogens with zero attached hydrogens (tertiary/aromatic N) is 1. The maximum Gasteiger partial charge on any atom is 0.266 e. The van der Waals surface area contributed by atoms with Gasteiger partial charge in [-0.25, -0.2) is 4.98 Å². The summed E-state index contributed by atoms with van der Waals surface area (Å²) < 4.78 is 6.42. The monoisotopic (exact) mass is 482 g/mol. The van der Waals surface area contributed by atoms with Crippen molar-refractivity contribution in [3.63, 3.8) is 0 Å². The molecule has 11 heteroatoms. The number of halogens is 2. The Labute approximate surface area is 191 Å². The molecule has 0 radical (unpaired) electrons. The van der Waals surface area contributed by atoms with Crippen LogP contribution < -0.4 is 20.7 Å². The molecule has 3 rings (SSSR count). The first kappa shape index (κ1) is 22.2. The number of hydrogen-bond donors (Lipinski definition) is 3. The van der Waals surface area contributed by atoms with Crippen LogP contribution in [-0.2, 0) is 9.59 Å². The number of amides is 2. The maximum atomic E-state index is 12.4. The highest BCUT2D eigenvalue weighted by Gasteiger charge is 2.18. The van der Waals surface area contributed by atoms with E-state index in [4.69, 9.17) is 40.2 Å². The molecule has 1 unspecified atom stereocenters. The number of nitrogens with one attached hydrogen (secondary N) is 3. The van der Waals surface area contributed by atoms with Gasteiger partial charge in [0.05, 0.1) is 15.2 Å². The van der Waals surface area contributed by atoms with Gasteiger partial charge < -0.3 is 15.4 Å². The van der Waals surface area contributed by atoms with E-state index in [0.717, 1.165) is 10.2 Å². The highest BCUT2D eigenvalue weighted by Crippen LogP contribution is 2.29. The molecular formula is C19H16Cl2N4O3S2. The number of anilines is 2. The van der Waals surface area contributed by atoms with E-state index in [9.17, 15) is 9.59 Å². The Morgan fingerprint density at radius 1 is 1.17 bits per heavy atom. The van der Waals surface area contributed by atoms with E-state index >= 15 is 0 Å². The molecular weight excluding hydrogens is 467 g/mol. The smallest absolute Gasteiger partial charge is 0.266 e. The van der Waals surface area contributed by atoms with Crippen LogP contribution in [-0.4, -0.2) is 28.0 Å². The first-order valence-electron chi connectivity index (χ1n) is 8.63. The number of fused-ring (bicyclic) bond motifs is 1. The fraction of sp³-hybridized carbons (Fsp3) is 0.158. The lowest BCUT2D eigenvalue weighted by molar-refractivity contribution is -0.125. The van der Waals surface area contributed by atoms with E-state index in [1.54, 1.807) is 31.2 Å². The summed E-state index contributed by atoms with van der Waals surface area (Å²) in [6, 6.07) is 10.1. The Morgan fingerprint density at radius 2 is 1.93 bits per heavy atom. The first-order chi connectivity index (χ1) is 14.2. The van der Waals surface area contributed by atoms with Crippen LogP contribution in [0.5, 0.6) is 5.75 Å². The van der Waals surface area contributed by atoms with E-state index in [-0.39, 0.29) is 11.0 Å². The second-order valence-electron chi connectivity index (χ2n) is 6.16. The summed E-state index contributed by atoms with van der Waals surface area (Å²) in [4.78, 5) is 28.0. The van der Waals surface area contributed by atoms with Crippen molar-refractivity contribution in [3.05, 3.63) is 46.4 Å². The topological polar surface area (TPSA) is 92.4 Å². The standard InChI is InChI=1S/C19H16Cl2N4O3S2/c1-9(28-15-6-3-11(20)7-13(15)21)17(27)24-18(29)25-19-23-14-5-4-12(22-10(2)26)8-16(14)30-19/h3-9H,1-2H3,(H,22,26)(H2,23,24,25,27,29). The van der Waals surface area contributed by atoms with Gasteiger partial charge in [-0.3, -0.25) is 14.9 Å². The van der Waals surface area contributed by atoms with E-state index < -0.39 is 12.0 Å². The number of hydrogen-bond acceptors (Lipinski definition) is 6. The van der Waals surface area contributed by atoms with Crippen LogP contribution in [0.25, 0.3) is 10.2 Å². The third-order valence-corrected chi connectivity index (χ3v) is 5.40. The van der Waals surface area contributed by atoms with Crippen LogP contribution in [0.2, 0.25) is 10.0 Å². The molecule has 3 N–H and O–H groups in total. The van der Waals surface area contributed by atoms with Gasteiger partial charge in [-0.2, -0.15) is 0 Å². The number of thiazole rings is 1. The Morgan fingerprint density at radius 3 is 2.63 bits per heavy atom. The molecule has 30 heavy (non-hydrogen) atoms. The van der Waals surface area contributed by atoms with Crippen molar-refractivity contribution in [1.29, 1.82) is 0 Å². The molecule has 3 aromatic rings. The zero-order chi connectivity index (χ0) is 21.8. The van der Waals surface area contributed by atoms with Gasteiger partial charge in [0.25, 0.3) is 5.91 Å². The lowest BCUT2D eigenvalue weighted by Crippen LogP contribution is -2.42. The number of rotatable bonds is 5. The summed E-state index contributed by atoms with van der Waals surface area (Å²) in [7, 11) is 0. The molecule has 1 atom stereocenters. The summed E-state index contributed by atoms with van der Waals surface area (Å²) in [6.07, 6.45) is -0.848. The highest BCUT2D eigenvalue weighted by molar-refractivity contribution is 7.80. The fourth-order valence-electron chi connectivity index (χ4n) is 2.42. The molecule has 0 aliphatic rings. The third-order valence-electron chi connectivity index (χ3n) is 3.73. The molecule has 156 valence electrons. The lowest BCUT2D eigenvalue weighted by atomic mass is 10.3. The molecule has 7 nitrogen and oxygen atoms in total. The Hall–Kier alpha value is -2.46. The van der Waals surface area contributed by atoms with Gasteiger partial charge in [-0.1, -0.05) is 34.5 Å². The van der Waals surface area contributed by atoms with Crippen molar-refractivity contribution in [2.75, 3.05) is 10.6 Å². The Bertz CT molecular complexity index is 1140. The summed E-state index contributed by atoms with van der Waals surface area (Å²) in [5, 5.41) is 9.51. The van der Waals surface area contributed by atoms with Crippen LogP contribution in [0.4, 0.5) is 10.8 Å². The number of carbonyl (C=O) groups excluding carboxylic acids is 2. The van der Waals surface area contributed by atoms with Crippen molar-refractivity contribution in [1.82, 2.24) is 10.3 Å². The minimum Gasteiger partial charge on any atom is -0.479 e. The first-order valence-corrected chi connectivity index (χ1v) is 10.6. The van der Waals surface area contributed by atoms with Crippen LogP contribution >= 0.6 is 46.8 Å². The Kier molecular flexibility index (Phi) is 7.09. The normalized spacial score (nSPS) is 11.6. The predicted molar refractivity (Wildman–Crippen MR) is 125 cm³/mol. The van der Waals surface area contributed by atoms with Crippen LogP contribution in [0.3, 0.4) is 0 Å². The summed E-state index contributed by atoms with van der Waals surface area (Å²) in [5.41, 5.74) is 1.41. The molecule has 0 spiro atoms. The molecule has 1 aromatic heterocycles.